The lowest BCUT2D eigenvalue weighted by molar-refractivity contribution is -0.0595. The molecule has 1 saturated heterocycles. The van der Waals surface area contributed by atoms with Crippen LogP contribution in [0.4, 0.5) is 17.6 Å². The van der Waals surface area contributed by atoms with Crippen molar-refractivity contribution >= 4 is 0 Å². The second-order valence-electron chi connectivity index (χ2n) is 8.11. The molecule has 3 aromatic heterocycles. The van der Waals surface area contributed by atoms with Gasteiger partial charge in [0.15, 0.2) is 5.82 Å². The van der Waals surface area contributed by atoms with Crippen molar-refractivity contribution in [1.29, 1.82) is 0 Å². The molecule has 1 aromatic carbocycles. The van der Waals surface area contributed by atoms with E-state index in [2.05, 4.69) is 15.0 Å². The summed E-state index contributed by atoms with van der Waals surface area (Å²) in [6, 6.07) is 7.46. The summed E-state index contributed by atoms with van der Waals surface area (Å²) in [5.41, 5.74) is 0.150. The van der Waals surface area contributed by atoms with Crippen LogP contribution in [0.2, 0.25) is 0 Å². The summed E-state index contributed by atoms with van der Waals surface area (Å²) in [4.78, 5) is 12.1. The Morgan fingerprint density at radius 3 is 2.66 bits per heavy atom. The highest BCUT2D eigenvalue weighted by atomic mass is 19.1. The molecule has 1 fully saturated rings. The fourth-order valence-corrected chi connectivity index (χ4v) is 3.75. The van der Waals surface area contributed by atoms with Crippen molar-refractivity contribution in [1.82, 2.24) is 19.5 Å². The quantitative estimate of drug-likeness (QED) is 0.335. The highest BCUT2D eigenvalue weighted by Crippen LogP contribution is 2.27. The number of benzene rings is 1. The maximum absolute atomic E-state index is 15.0. The van der Waals surface area contributed by atoms with Crippen LogP contribution in [0.15, 0.2) is 55.0 Å². The van der Waals surface area contributed by atoms with Gasteiger partial charge in [-0.2, -0.15) is 0 Å². The molecule has 0 unspecified atom stereocenters. The number of halogens is 4. The standard InChI is InChI=1S/C25H20F4N4O2/c26-16-10-21(29)23(31-12-16)14-35-25-3-1-2-22(32-25)18-11-19(27)15(8-20(18)28)9-24-30-5-6-33(24)13-17-4-7-34-17/h1-3,5-6,8,10-12,17H,4,7,9,13-14H2/t17-/m0/s1. The average molecular weight is 484 g/mol. The molecule has 1 aliphatic heterocycles. The van der Waals surface area contributed by atoms with Gasteiger partial charge in [-0.1, -0.05) is 6.07 Å². The number of hydrogen-bond donors (Lipinski definition) is 0. The summed E-state index contributed by atoms with van der Waals surface area (Å²) in [6.07, 6.45) is 5.49. The van der Waals surface area contributed by atoms with E-state index in [0.717, 1.165) is 31.4 Å². The van der Waals surface area contributed by atoms with Crippen LogP contribution in [0, 0.1) is 23.3 Å². The van der Waals surface area contributed by atoms with E-state index in [9.17, 15) is 13.2 Å². The Morgan fingerprint density at radius 1 is 1.03 bits per heavy atom. The first-order valence-corrected chi connectivity index (χ1v) is 11.0. The predicted molar refractivity (Wildman–Crippen MR) is 117 cm³/mol. The number of hydrogen-bond acceptors (Lipinski definition) is 5. The van der Waals surface area contributed by atoms with Crippen molar-refractivity contribution in [2.24, 2.45) is 0 Å². The van der Waals surface area contributed by atoms with Crippen LogP contribution in [0.25, 0.3) is 11.3 Å². The molecule has 4 heterocycles. The molecule has 0 spiro atoms. The molecule has 0 amide bonds. The molecule has 4 aromatic rings. The van der Waals surface area contributed by atoms with Gasteiger partial charge in [-0.15, -0.1) is 0 Å². The maximum Gasteiger partial charge on any atom is 0.214 e. The number of imidazole rings is 1. The van der Waals surface area contributed by atoms with Crippen LogP contribution in [-0.2, 0) is 24.3 Å². The minimum atomic E-state index is -0.856. The van der Waals surface area contributed by atoms with E-state index in [0.29, 0.717) is 18.4 Å². The second kappa shape index (κ2) is 9.83. The zero-order chi connectivity index (χ0) is 24.4. The van der Waals surface area contributed by atoms with E-state index < -0.39 is 23.3 Å². The van der Waals surface area contributed by atoms with Gasteiger partial charge >= 0.3 is 0 Å². The summed E-state index contributed by atoms with van der Waals surface area (Å²) in [5, 5.41) is 0. The minimum absolute atomic E-state index is 0.0472. The first kappa shape index (κ1) is 23.0. The monoisotopic (exact) mass is 484 g/mol. The lowest BCUT2D eigenvalue weighted by Crippen LogP contribution is -2.31. The second-order valence-corrected chi connectivity index (χ2v) is 8.11. The van der Waals surface area contributed by atoms with Crippen molar-refractivity contribution < 1.29 is 27.0 Å². The molecule has 5 rings (SSSR count). The third-order valence-corrected chi connectivity index (χ3v) is 5.72. The van der Waals surface area contributed by atoms with Gasteiger partial charge in [-0.25, -0.2) is 27.5 Å². The fraction of sp³-hybridized carbons (Fsp3) is 0.240. The Hall–Kier alpha value is -3.79. The number of ether oxygens (including phenoxy) is 2. The van der Waals surface area contributed by atoms with Gasteiger partial charge in [0.05, 0.1) is 24.5 Å². The van der Waals surface area contributed by atoms with Crippen LogP contribution in [0.3, 0.4) is 0 Å². The zero-order valence-electron chi connectivity index (χ0n) is 18.4. The SMILES string of the molecule is Fc1cnc(COc2cccc(-c3cc(F)c(Cc4nccn4C[C@@H]4CCO4)cc3F)n2)c(F)c1. The smallest absolute Gasteiger partial charge is 0.214 e. The molecule has 1 atom stereocenters. The van der Waals surface area contributed by atoms with Crippen LogP contribution in [0.1, 0.15) is 23.5 Å². The Kier molecular flexibility index (Phi) is 6.45. The Bertz CT molecular complexity index is 1360. The Balaban J connectivity index is 1.32. The van der Waals surface area contributed by atoms with Crippen LogP contribution in [0.5, 0.6) is 5.88 Å². The first-order valence-electron chi connectivity index (χ1n) is 11.0. The number of rotatable bonds is 8. The van der Waals surface area contributed by atoms with E-state index in [1.807, 2.05) is 4.57 Å². The predicted octanol–water partition coefficient (Wildman–Crippen LogP) is 4.86. The van der Waals surface area contributed by atoms with E-state index in [-0.39, 0.29) is 47.5 Å². The van der Waals surface area contributed by atoms with Crippen LogP contribution < -0.4 is 4.74 Å². The molecule has 0 N–H and O–H groups in total. The fourth-order valence-electron chi connectivity index (χ4n) is 3.75. The normalized spacial score (nSPS) is 15.1. The number of aromatic nitrogens is 4. The molecule has 0 radical (unpaired) electrons. The molecule has 0 saturated carbocycles. The van der Waals surface area contributed by atoms with Gasteiger partial charge in [-0.05, 0) is 30.2 Å². The van der Waals surface area contributed by atoms with Crippen LogP contribution >= 0.6 is 0 Å². The van der Waals surface area contributed by atoms with E-state index in [1.165, 1.54) is 12.1 Å². The highest BCUT2D eigenvalue weighted by molar-refractivity contribution is 5.61. The van der Waals surface area contributed by atoms with Crippen molar-refractivity contribution in [3.05, 3.63) is 95.3 Å². The minimum Gasteiger partial charge on any atom is -0.471 e. The topological polar surface area (TPSA) is 62.1 Å². The largest absolute Gasteiger partial charge is 0.471 e. The highest BCUT2D eigenvalue weighted by Gasteiger charge is 2.21. The summed E-state index contributed by atoms with van der Waals surface area (Å²) >= 11 is 0. The summed E-state index contributed by atoms with van der Waals surface area (Å²) in [7, 11) is 0. The Morgan fingerprint density at radius 2 is 1.89 bits per heavy atom. The lowest BCUT2D eigenvalue weighted by atomic mass is 10.0. The molecule has 10 heteroatoms. The maximum atomic E-state index is 15.0. The number of nitrogens with zero attached hydrogens (tertiary/aromatic N) is 4. The van der Waals surface area contributed by atoms with Crippen molar-refractivity contribution in [2.75, 3.05) is 6.61 Å². The molecular weight excluding hydrogens is 464 g/mol. The number of pyridine rings is 2. The van der Waals surface area contributed by atoms with Gasteiger partial charge in [0.2, 0.25) is 5.88 Å². The molecule has 6 nitrogen and oxygen atoms in total. The molecule has 35 heavy (non-hydrogen) atoms. The average Bonchev–Trinajstić information content (AvgIpc) is 3.25. The van der Waals surface area contributed by atoms with Gasteiger partial charge in [0, 0.05) is 43.1 Å². The van der Waals surface area contributed by atoms with Gasteiger partial charge in [-0.3, -0.25) is 4.98 Å². The van der Waals surface area contributed by atoms with Crippen molar-refractivity contribution in [2.45, 2.75) is 32.1 Å². The van der Waals surface area contributed by atoms with E-state index in [1.54, 1.807) is 18.5 Å². The van der Waals surface area contributed by atoms with Crippen molar-refractivity contribution in [3.63, 3.8) is 0 Å². The third kappa shape index (κ3) is 5.17. The Labute approximate surface area is 198 Å². The summed E-state index contributed by atoms with van der Waals surface area (Å²) in [5.74, 6) is -2.24. The zero-order valence-corrected chi connectivity index (χ0v) is 18.4. The van der Waals surface area contributed by atoms with Gasteiger partial charge < -0.3 is 14.0 Å². The molecule has 0 aliphatic carbocycles. The van der Waals surface area contributed by atoms with Crippen LogP contribution in [-0.4, -0.2) is 32.2 Å². The molecule has 0 bridgehead atoms. The summed E-state index contributed by atoms with van der Waals surface area (Å²) in [6.45, 7) is 1.04. The lowest BCUT2D eigenvalue weighted by Gasteiger charge is -2.27. The van der Waals surface area contributed by atoms with Crippen molar-refractivity contribution in [3.8, 4) is 17.1 Å². The molecule has 1 aliphatic rings. The summed E-state index contributed by atoms with van der Waals surface area (Å²) < 4.78 is 69.5. The van der Waals surface area contributed by atoms with Gasteiger partial charge in [0.25, 0.3) is 0 Å². The van der Waals surface area contributed by atoms with E-state index in [4.69, 9.17) is 9.47 Å². The molecular formula is C25H20F4N4O2. The van der Waals surface area contributed by atoms with Gasteiger partial charge in [0.1, 0.15) is 35.6 Å². The molecule has 180 valence electrons. The third-order valence-electron chi connectivity index (χ3n) is 5.72. The first-order chi connectivity index (χ1) is 17.0. The van der Waals surface area contributed by atoms with E-state index >= 15 is 4.39 Å².